The van der Waals surface area contributed by atoms with Gasteiger partial charge in [-0.2, -0.15) is 4.39 Å². The summed E-state index contributed by atoms with van der Waals surface area (Å²) < 4.78 is 37.7. The highest BCUT2D eigenvalue weighted by Crippen LogP contribution is 2.31. The second-order valence-electron chi connectivity index (χ2n) is 5.63. The van der Waals surface area contributed by atoms with E-state index in [9.17, 15) is 13.9 Å². The molecule has 0 saturated carbocycles. The quantitative estimate of drug-likeness (QED) is 0.423. The Bertz CT molecular complexity index is 746. The van der Waals surface area contributed by atoms with Gasteiger partial charge in [-0.25, -0.2) is 4.39 Å². The van der Waals surface area contributed by atoms with Gasteiger partial charge in [0.1, 0.15) is 11.9 Å². The van der Waals surface area contributed by atoms with Crippen LogP contribution >= 0.6 is 0 Å². The molecule has 0 aromatic heterocycles. The van der Waals surface area contributed by atoms with Crippen molar-refractivity contribution in [2.24, 2.45) is 0 Å². The average molecular weight is 380 g/mol. The van der Waals surface area contributed by atoms with Crippen LogP contribution in [0.1, 0.15) is 18.8 Å². The smallest absolute Gasteiger partial charge is 0.207 e. The molecule has 0 aliphatic carbocycles. The van der Waals surface area contributed by atoms with Gasteiger partial charge in [0.05, 0.1) is 18.9 Å². The molecule has 1 aliphatic heterocycles. The van der Waals surface area contributed by atoms with E-state index in [4.69, 9.17) is 20.3 Å². The summed E-state index contributed by atoms with van der Waals surface area (Å²) in [5.74, 6) is -1.80. The van der Waals surface area contributed by atoms with E-state index in [-0.39, 0.29) is 11.3 Å². The molecular weight excluding hydrogens is 358 g/mol. The van der Waals surface area contributed by atoms with Crippen LogP contribution < -0.4 is 10.6 Å². The van der Waals surface area contributed by atoms with E-state index in [1.54, 1.807) is 0 Å². The zero-order chi connectivity index (χ0) is 19.8. The third-order valence-electron chi connectivity index (χ3n) is 3.70. The number of allylic oxidation sites excluding steroid dienone is 1. The molecule has 1 heterocycles. The second-order valence-corrected chi connectivity index (χ2v) is 5.63. The van der Waals surface area contributed by atoms with Crippen molar-refractivity contribution in [3.8, 4) is 0 Å². The first-order valence-corrected chi connectivity index (χ1v) is 8.33. The molecule has 9 heteroatoms. The van der Waals surface area contributed by atoms with Crippen LogP contribution in [0.4, 0.5) is 14.5 Å². The topological polar surface area (TPSA) is 110 Å². The van der Waals surface area contributed by atoms with E-state index in [0.717, 1.165) is 12.3 Å². The van der Waals surface area contributed by atoms with Crippen molar-refractivity contribution in [2.45, 2.75) is 19.3 Å². The van der Waals surface area contributed by atoms with Crippen molar-refractivity contribution in [3.05, 3.63) is 53.1 Å². The summed E-state index contributed by atoms with van der Waals surface area (Å²) in [6.07, 6.45) is 0.910. The van der Waals surface area contributed by atoms with Gasteiger partial charge in [-0.05, 0) is 25.1 Å². The Kier molecular flexibility index (Phi) is 7.59. The minimum absolute atomic E-state index is 0.0963. The van der Waals surface area contributed by atoms with Crippen LogP contribution in [0.15, 0.2) is 41.7 Å². The summed E-state index contributed by atoms with van der Waals surface area (Å²) in [5.41, 5.74) is 0.709. The molecule has 2 rings (SSSR count). The standard InChI is InChI=1S/C18H22F2N4O3/c1-2-23-10-11(9-21)17(25)15(8-16(20)22)24-14-4-3-12(19)7-13(14)18-26-5-6-27-18/h3-4,7-10,17-18,21-25H,2,5-6H2,1H3/b11-10+,15-8-,21-9?,22-16?. The molecule has 7 nitrogen and oxygen atoms in total. The highest BCUT2D eigenvalue weighted by atomic mass is 19.1. The number of hydrogen-bond donors (Lipinski definition) is 5. The van der Waals surface area contributed by atoms with Crippen LogP contribution in [0.2, 0.25) is 0 Å². The zero-order valence-corrected chi connectivity index (χ0v) is 14.8. The average Bonchev–Trinajstić information content (AvgIpc) is 3.17. The molecule has 1 fully saturated rings. The maximum Gasteiger partial charge on any atom is 0.207 e. The van der Waals surface area contributed by atoms with E-state index in [0.29, 0.717) is 31.0 Å². The molecule has 146 valence electrons. The first-order chi connectivity index (χ1) is 13.0. The molecule has 1 unspecified atom stereocenters. The largest absolute Gasteiger partial charge is 0.391 e. The predicted octanol–water partition coefficient (Wildman–Crippen LogP) is 2.62. The Morgan fingerprint density at radius 1 is 1.41 bits per heavy atom. The molecule has 0 spiro atoms. The van der Waals surface area contributed by atoms with Crippen LogP contribution in [0.5, 0.6) is 0 Å². The number of benzene rings is 1. The van der Waals surface area contributed by atoms with Gasteiger partial charge < -0.3 is 30.6 Å². The first-order valence-electron chi connectivity index (χ1n) is 8.33. The van der Waals surface area contributed by atoms with Gasteiger partial charge in [0.15, 0.2) is 6.29 Å². The van der Waals surface area contributed by atoms with Crippen LogP contribution in [0.25, 0.3) is 0 Å². The fourth-order valence-electron chi connectivity index (χ4n) is 2.45. The summed E-state index contributed by atoms with van der Waals surface area (Å²) in [5, 5.41) is 30.7. The van der Waals surface area contributed by atoms with Gasteiger partial charge in [0, 0.05) is 41.9 Å². The zero-order valence-electron chi connectivity index (χ0n) is 14.8. The summed E-state index contributed by atoms with van der Waals surface area (Å²) >= 11 is 0. The summed E-state index contributed by atoms with van der Waals surface area (Å²) in [7, 11) is 0. The first kappa shape index (κ1) is 20.7. The molecule has 0 bridgehead atoms. The molecular formula is C18H22F2N4O3. The van der Waals surface area contributed by atoms with E-state index in [1.807, 2.05) is 6.92 Å². The van der Waals surface area contributed by atoms with E-state index in [2.05, 4.69) is 10.6 Å². The number of ether oxygens (including phenoxy) is 2. The number of nitrogens with one attached hydrogen (secondary N) is 4. The Hall–Kier alpha value is -2.62. The van der Waals surface area contributed by atoms with E-state index >= 15 is 0 Å². The van der Waals surface area contributed by atoms with Gasteiger partial charge in [-0.3, -0.25) is 5.41 Å². The Balaban J connectivity index is 2.37. The van der Waals surface area contributed by atoms with E-state index in [1.165, 1.54) is 24.4 Å². The molecule has 0 radical (unpaired) electrons. The molecule has 1 aromatic carbocycles. The van der Waals surface area contributed by atoms with Crippen molar-refractivity contribution in [1.29, 1.82) is 10.8 Å². The molecule has 1 aromatic rings. The molecule has 1 atom stereocenters. The number of hydrogen-bond acceptors (Lipinski definition) is 7. The third-order valence-corrected chi connectivity index (χ3v) is 3.70. The lowest BCUT2D eigenvalue weighted by Crippen LogP contribution is -2.23. The number of halogens is 2. The number of aliphatic hydroxyl groups is 1. The summed E-state index contributed by atoms with van der Waals surface area (Å²) in [4.78, 5) is 0. The van der Waals surface area contributed by atoms with E-state index < -0.39 is 24.2 Å². The number of aliphatic hydroxyl groups excluding tert-OH is 1. The SMILES string of the molecule is CCN/C=C(\C=N)C(O)/C(=C/C(=N)F)Nc1ccc(F)cc1C1OCCO1. The van der Waals surface area contributed by atoms with Gasteiger partial charge in [-0.15, -0.1) is 0 Å². The van der Waals surface area contributed by atoms with Crippen LogP contribution in [0.3, 0.4) is 0 Å². The monoisotopic (exact) mass is 380 g/mol. The predicted molar refractivity (Wildman–Crippen MR) is 98.1 cm³/mol. The second kappa shape index (κ2) is 9.91. The number of anilines is 1. The minimum Gasteiger partial charge on any atom is -0.391 e. The Morgan fingerprint density at radius 2 is 2.11 bits per heavy atom. The van der Waals surface area contributed by atoms with Crippen LogP contribution in [-0.4, -0.2) is 43.1 Å². The highest BCUT2D eigenvalue weighted by Gasteiger charge is 2.24. The van der Waals surface area contributed by atoms with Crippen molar-refractivity contribution >= 4 is 17.9 Å². The maximum absolute atomic E-state index is 13.7. The van der Waals surface area contributed by atoms with Crippen molar-refractivity contribution in [3.63, 3.8) is 0 Å². The van der Waals surface area contributed by atoms with Crippen molar-refractivity contribution in [2.75, 3.05) is 25.1 Å². The van der Waals surface area contributed by atoms with Gasteiger partial charge in [0.25, 0.3) is 0 Å². The molecule has 5 N–H and O–H groups in total. The lowest BCUT2D eigenvalue weighted by molar-refractivity contribution is -0.0437. The van der Waals surface area contributed by atoms with Crippen molar-refractivity contribution < 1.29 is 23.4 Å². The van der Waals surface area contributed by atoms with Gasteiger partial charge >= 0.3 is 0 Å². The third kappa shape index (κ3) is 5.68. The highest BCUT2D eigenvalue weighted by molar-refractivity contribution is 5.86. The fourth-order valence-corrected chi connectivity index (χ4v) is 2.45. The van der Waals surface area contributed by atoms with Crippen LogP contribution in [-0.2, 0) is 9.47 Å². The van der Waals surface area contributed by atoms with Gasteiger partial charge in [-0.1, -0.05) is 0 Å². The molecule has 1 saturated heterocycles. The summed E-state index contributed by atoms with van der Waals surface area (Å²) in [6.45, 7) is 3.10. The minimum atomic E-state index is -1.42. The van der Waals surface area contributed by atoms with Crippen molar-refractivity contribution in [1.82, 2.24) is 5.32 Å². The molecule has 27 heavy (non-hydrogen) atoms. The van der Waals surface area contributed by atoms with Gasteiger partial charge in [0.2, 0.25) is 5.97 Å². The van der Waals surface area contributed by atoms with Crippen LogP contribution in [0, 0.1) is 16.6 Å². The fraction of sp³-hybridized carbons (Fsp3) is 0.333. The maximum atomic E-state index is 13.7. The Labute approximate surface area is 155 Å². The Morgan fingerprint density at radius 3 is 2.70 bits per heavy atom. The number of rotatable bonds is 9. The normalized spacial score (nSPS) is 16.9. The lowest BCUT2D eigenvalue weighted by atomic mass is 10.1. The molecule has 1 aliphatic rings. The summed E-state index contributed by atoms with van der Waals surface area (Å²) in [6, 6.07) is 3.81. The molecule has 0 amide bonds. The lowest BCUT2D eigenvalue weighted by Gasteiger charge is -2.21.